The van der Waals surface area contributed by atoms with Gasteiger partial charge >= 0.3 is 0 Å². The Morgan fingerprint density at radius 3 is 2.49 bits per heavy atom. The molecule has 2 saturated heterocycles. The summed E-state index contributed by atoms with van der Waals surface area (Å²) in [5.74, 6) is -1.44. The molecule has 2 aliphatic rings. The van der Waals surface area contributed by atoms with Crippen molar-refractivity contribution in [2.75, 3.05) is 47.8 Å². The first kappa shape index (κ1) is 26.5. The Hall–Kier alpha value is -4.68. The molecule has 2 aliphatic heterocycles. The van der Waals surface area contributed by atoms with Crippen LogP contribution >= 0.6 is 0 Å². The molecule has 0 unspecified atom stereocenters. The van der Waals surface area contributed by atoms with Crippen molar-refractivity contribution in [2.24, 2.45) is 0 Å². The molecule has 6 rings (SSSR count). The number of alkyl halides is 1. The highest BCUT2D eigenvalue weighted by Crippen LogP contribution is 2.38. The second-order valence-electron chi connectivity index (χ2n) is 10.2. The van der Waals surface area contributed by atoms with E-state index in [2.05, 4.69) is 25.4 Å². The van der Waals surface area contributed by atoms with Crippen molar-refractivity contribution in [2.45, 2.75) is 25.6 Å². The predicted molar refractivity (Wildman–Crippen MR) is 146 cm³/mol. The lowest BCUT2D eigenvalue weighted by molar-refractivity contribution is -0.129. The molecule has 4 aromatic rings. The van der Waals surface area contributed by atoms with E-state index < -0.39 is 29.8 Å². The minimum Gasteiger partial charge on any atom is -0.368 e. The lowest BCUT2D eigenvalue weighted by Gasteiger charge is -2.35. The minimum absolute atomic E-state index is 0.0161. The van der Waals surface area contributed by atoms with Crippen LogP contribution in [0.15, 0.2) is 54.9 Å². The Kier molecular flexibility index (Phi) is 6.93. The van der Waals surface area contributed by atoms with Gasteiger partial charge in [0.25, 0.3) is 5.91 Å². The molecule has 0 saturated carbocycles. The number of carbonyl (C=O) groups excluding carboxylic acids is 2. The van der Waals surface area contributed by atoms with Gasteiger partial charge in [0.05, 0.1) is 25.0 Å². The monoisotopic (exact) mass is 564 g/mol. The number of hydrogen-bond acceptors (Lipinski definition) is 7. The first-order chi connectivity index (χ1) is 19.8. The Labute approximate surface area is 233 Å². The summed E-state index contributed by atoms with van der Waals surface area (Å²) in [6.45, 7) is 4.26. The number of anilines is 3. The van der Waals surface area contributed by atoms with Gasteiger partial charge in [-0.25, -0.2) is 18.2 Å². The van der Waals surface area contributed by atoms with Crippen LogP contribution in [-0.2, 0) is 4.79 Å². The number of nitrogens with one attached hydrogen (secondary N) is 1. The normalized spacial score (nSPS) is 19.2. The summed E-state index contributed by atoms with van der Waals surface area (Å²) in [5.41, 5.74) is 1.87. The Morgan fingerprint density at radius 2 is 1.76 bits per heavy atom. The maximum Gasteiger partial charge on any atom is 0.293 e. The highest BCUT2D eigenvalue weighted by atomic mass is 19.1. The molecule has 2 aromatic heterocycles. The maximum atomic E-state index is 14.6. The number of halogens is 3. The van der Waals surface area contributed by atoms with Crippen molar-refractivity contribution in [1.82, 2.24) is 24.5 Å². The average molecular weight is 565 g/mol. The second-order valence-corrected chi connectivity index (χ2v) is 10.2. The van der Waals surface area contributed by atoms with E-state index in [-0.39, 0.29) is 36.1 Å². The smallest absolute Gasteiger partial charge is 0.293 e. The van der Waals surface area contributed by atoms with E-state index in [9.17, 15) is 22.8 Å². The third-order valence-electron chi connectivity index (χ3n) is 7.56. The van der Waals surface area contributed by atoms with Gasteiger partial charge in [-0.2, -0.15) is 0 Å². The number of amides is 2. The van der Waals surface area contributed by atoms with E-state index >= 15 is 0 Å². The summed E-state index contributed by atoms with van der Waals surface area (Å²) < 4.78 is 44.4. The van der Waals surface area contributed by atoms with E-state index in [0.29, 0.717) is 24.4 Å². The zero-order valence-electron chi connectivity index (χ0n) is 22.2. The SMILES string of the molecule is CC(=O)N1CCN(c2ccc(NC(=O)c3nnc4cnc(N5C[C@@H](F)C[C@@H]5c5cc(F)ccc5F)cn34)cc2)CC1. The number of rotatable bonds is 5. The summed E-state index contributed by atoms with van der Waals surface area (Å²) in [6.07, 6.45) is 1.59. The van der Waals surface area contributed by atoms with Crippen LogP contribution in [0, 0.1) is 11.6 Å². The summed E-state index contributed by atoms with van der Waals surface area (Å²) in [4.78, 5) is 34.6. The number of fused-ring (bicyclic) bond motifs is 1. The van der Waals surface area contributed by atoms with Crippen LogP contribution in [0.3, 0.4) is 0 Å². The molecule has 2 aromatic carbocycles. The molecule has 4 heterocycles. The lowest BCUT2D eigenvalue weighted by Crippen LogP contribution is -2.48. The number of hydrogen-bond donors (Lipinski definition) is 1. The van der Waals surface area contributed by atoms with E-state index in [1.165, 1.54) is 16.8 Å². The van der Waals surface area contributed by atoms with Crippen LogP contribution in [-0.4, -0.2) is 75.2 Å². The molecule has 10 nitrogen and oxygen atoms in total. The molecule has 13 heteroatoms. The molecule has 0 radical (unpaired) electrons. The van der Waals surface area contributed by atoms with Gasteiger partial charge in [-0.15, -0.1) is 10.2 Å². The molecule has 1 N–H and O–H groups in total. The van der Waals surface area contributed by atoms with Crippen molar-refractivity contribution in [3.8, 4) is 0 Å². The van der Waals surface area contributed by atoms with Crippen LogP contribution in [0.25, 0.3) is 5.65 Å². The molecule has 0 aliphatic carbocycles. The molecular formula is C28H27F3N8O2. The third kappa shape index (κ3) is 5.26. The van der Waals surface area contributed by atoms with Gasteiger partial charge in [0.2, 0.25) is 11.7 Å². The van der Waals surface area contributed by atoms with Gasteiger partial charge in [0.1, 0.15) is 23.6 Å². The summed E-state index contributed by atoms with van der Waals surface area (Å²) in [6, 6.07) is 9.69. The largest absolute Gasteiger partial charge is 0.368 e. The first-order valence-electron chi connectivity index (χ1n) is 13.2. The van der Waals surface area contributed by atoms with Crippen LogP contribution in [0.1, 0.15) is 35.6 Å². The number of aromatic nitrogens is 4. The zero-order valence-corrected chi connectivity index (χ0v) is 22.2. The lowest BCUT2D eigenvalue weighted by atomic mass is 10.0. The summed E-state index contributed by atoms with van der Waals surface area (Å²) in [7, 11) is 0. The van der Waals surface area contributed by atoms with Crippen molar-refractivity contribution in [3.63, 3.8) is 0 Å². The predicted octanol–water partition coefficient (Wildman–Crippen LogP) is 3.61. The molecule has 2 fully saturated rings. The zero-order chi connectivity index (χ0) is 28.7. The molecule has 0 spiro atoms. The van der Waals surface area contributed by atoms with Crippen LogP contribution < -0.4 is 15.1 Å². The molecule has 2 atom stereocenters. The van der Waals surface area contributed by atoms with E-state index in [0.717, 1.165) is 37.0 Å². The van der Waals surface area contributed by atoms with Crippen molar-refractivity contribution in [1.29, 1.82) is 0 Å². The van der Waals surface area contributed by atoms with Crippen LogP contribution in [0.2, 0.25) is 0 Å². The van der Waals surface area contributed by atoms with Gasteiger partial charge in [0.15, 0.2) is 5.65 Å². The highest BCUT2D eigenvalue weighted by Gasteiger charge is 2.36. The molecule has 41 heavy (non-hydrogen) atoms. The number of carbonyl (C=O) groups is 2. The van der Waals surface area contributed by atoms with Gasteiger partial charge in [0, 0.05) is 56.5 Å². The van der Waals surface area contributed by atoms with E-state index in [4.69, 9.17) is 0 Å². The van der Waals surface area contributed by atoms with Crippen LogP contribution in [0.5, 0.6) is 0 Å². The molecular weight excluding hydrogens is 537 g/mol. The number of piperazine rings is 1. The van der Waals surface area contributed by atoms with Crippen molar-refractivity contribution < 1.29 is 22.8 Å². The van der Waals surface area contributed by atoms with Gasteiger partial charge in [-0.05, 0) is 42.5 Å². The fourth-order valence-corrected chi connectivity index (χ4v) is 5.42. The van der Waals surface area contributed by atoms with Gasteiger partial charge in [-0.1, -0.05) is 0 Å². The highest BCUT2D eigenvalue weighted by molar-refractivity contribution is 6.02. The van der Waals surface area contributed by atoms with E-state index in [1.54, 1.807) is 24.0 Å². The Balaban J connectivity index is 1.20. The first-order valence-corrected chi connectivity index (χ1v) is 13.2. The standard InChI is InChI=1S/C28H27F3N8O2/c1-17(40)36-8-10-37(11-9-36)21-5-3-20(4-6-21)33-28(41)27-35-34-25-14-32-26(16-39(25)27)38-15-19(30)13-24(38)22-12-18(29)2-7-23(22)31/h2-7,12,14,16,19,24H,8-11,13,15H2,1H3,(H,33,41)/t19-,24+/m0/s1. The number of nitrogens with zero attached hydrogens (tertiary/aromatic N) is 7. The molecule has 0 bridgehead atoms. The fraction of sp³-hybridized carbons (Fsp3) is 0.321. The molecule has 2 amide bonds. The Morgan fingerprint density at radius 1 is 1.00 bits per heavy atom. The quantitative estimate of drug-likeness (QED) is 0.396. The van der Waals surface area contributed by atoms with Gasteiger partial charge in [-0.3, -0.25) is 14.0 Å². The number of benzene rings is 2. The topological polar surface area (TPSA) is 99.0 Å². The van der Waals surface area contributed by atoms with Crippen molar-refractivity contribution in [3.05, 3.63) is 77.9 Å². The van der Waals surface area contributed by atoms with E-state index in [1.807, 2.05) is 17.0 Å². The summed E-state index contributed by atoms with van der Waals surface area (Å²) in [5, 5.41) is 10.8. The summed E-state index contributed by atoms with van der Waals surface area (Å²) >= 11 is 0. The van der Waals surface area contributed by atoms with Crippen molar-refractivity contribution >= 4 is 34.7 Å². The molecule has 212 valence electrons. The van der Waals surface area contributed by atoms with Gasteiger partial charge < -0.3 is 20.0 Å². The fourth-order valence-electron chi connectivity index (χ4n) is 5.42. The Bertz CT molecular complexity index is 1600. The minimum atomic E-state index is -1.27. The third-order valence-corrected chi connectivity index (χ3v) is 7.56. The average Bonchev–Trinajstić information content (AvgIpc) is 3.58. The van der Waals surface area contributed by atoms with Crippen LogP contribution in [0.4, 0.5) is 30.4 Å². The maximum absolute atomic E-state index is 14.6. The second kappa shape index (κ2) is 10.7.